The first-order valence-corrected chi connectivity index (χ1v) is 10.8. The average Bonchev–Trinajstić information content (AvgIpc) is 2.68. The average molecular weight is 388 g/mol. The second-order valence-electron chi connectivity index (χ2n) is 6.78. The van der Waals surface area contributed by atoms with Crippen LogP contribution in [0.2, 0.25) is 0 Å². The smallest absolute Gasteiger partial charge is 0.231 e. The van der Waals surface area contributed by atoms with E-state index >= 15 is 0 Å². The third-order valence-electron chi connectivity index (χ3n) is 4.91. The topological polar surface area (TPSA) is 60.9 Å². The summed E-state index contributed by atoms with van der Waals surface area (Å²) in [6.45, 7) is 3.08. The van der Waals surface area contributed by atoms with Gasteiger partial charge in [0.05, 0.1) is 18.4 Å². The van der Waals surface area contributed by atoms with E-state index in [9.17, 15) is 13.2 Å². The van der Waals surface area contributed by atoms with Gasteiger partial charge in [0.2, 0.25) is 15.9 Å². The molecule has 1 saturated heterocycles. The maximum absolute atomic E-state index is 12.6. The molecule has 0 aliphatic carbocycles. The Morgan fingerprint density at radius 2 is 1.56 bits per heavy atom. The van der Waals surface area contributed by atoms with Crippen LogP contribution in [0.25, 0.3) is 0 Å². The van der Waals surface area contributed by atoms with Crippen molar-refractivity contribution in [2.24, 2.45) is 0 Å². The predicted octanol–water partition coefficient (Wildman–Crippen LogP) is 1.97. The van der Waals surface area contributed by atoms with Crippen LogP contribution in [-0.2, 0) is 21.2 Å². The van der Waals surface area contributed by atoms with Gasteiger partial charge in [0.15, 0.2) is 0 Å². The zero-order chi connectivity index (χ0) is 19.4. The number of piperazine rings is 1. The molecule has 0 spiro atoms. The third kappa shape index (κ3) is 4.80. The second-order valence-corrected chi connectivity index (χ2v) is 8.79. The summed E-state index contributed by atoms with van der Waals surface area (Å²) < 4.78 is 24.4. The van der Waals surface area contributed by atoms with Crippen molar-refractivity contribution < 1.29 is 13.2 Å². The van der Waals surface area contributed by atoms with Crippen LogP contribution in [0, 0.1) is 0 Å². The van der Waals surface area contributed by atoms with E-state index in [1.54, 1.807) is 12.1 Å². The zero-order valence-electron chi connectivity index (χ0n) is 15.7. The van der Waals surface area contributed by atoms with Gasteiger partial charge in [0.25, 0.3) is 0 Å². The van der Waals surface area contributed by atoms with E-state index in [4.69, 9.17) is 0 Å². The molecule has 1 amide bonds. The predicted molar refractivity (Wildman–Crippen MR) is 109 cm³/mol. The van der Waals surface area contributed by atoms with Gasteiger partial charge in [-0.3, -0.25) is 9.10 Å². The summed E-state index contributed by atoms with van der Waals surface area (Å²) >= 11 is 0. The molecular formula is C20H25N3O3S. The number of carbonyl (C=O) groups excluding carboxylic acids is 1. The molecule has 0 N–H and O–H groups in total. The number of amides is 1. The molecule has 7 heteroatoms. The van der Waals surface area contributed by atoms with Gasteiger partial charge in [0, 0.05) is 38.9 Å². The normalized spacial score (nSPS) is 14.9. The molecule has 144 valence electrons. The lowest BCUT2D eigenvalue weighted by molar-refractivity contribution is -0.130. The molecule has 6 nitrogen and oxygen atoms in total. The lowest BCUT2D eigenvalue weighted by Crippen LogP contribution is -2.49. The van der Waals surface area contributed by atoms with Crippen LogP contribution in [0.1, 0.15) is 5.56 Å². The number of sulfonamides is 1. The largest absolute Gasteiger partial charge is 0.368 e. The summed E-state index contributed by atoms with van der Waals surface area (Å²) in [5.74, 6) is 0.104. The standard InChI is InChI=1S/C20H25N3O3S/c1-21(27(2,25)26)18-10-8-17(9-11-18)16-20(24)23-14-12-22(13-15-23)19-6-4-3-5-7-19/h3-11H,12-16H2,1-2H3. The highest BCUT2D eigenvalue weighted by Crippen LogP contribution is 2.18. The lowest BCUT2D eigenvalue weighted by Gasteiger charge is -2.36. The van der Waals surface area contributed by atoms with Gasteiger partial charge in [-0.2, -0.15) is 0 Å². The first kappa shape index (κ1) is 19.2. The zero-order valence-corrected chi connectivity index (χ0v) is 16.5. The van der Waals surface area contributed by atoms with Gasteiger partial charge in [-0.15, -0.1) is 0 Å². The molecule has 1 aliphatic rings. The van der Waals surface area contributed by atoms with Gasteiger partial charge < -0.3 is 9.80 Å². The molecule has 0 unspecified atom stereocenters. The maximum Gasteiger partial charge on any atom is 0.231 e. The van der Waals surface area contributed by atoms with E-state index in [0.29, 0.717) is 25.2 Å². The number of para-hydroxylation sites is 1. The van der Waals surface area contributed by atoms with Gasteiger partial charge in [-0.25, -0.2) is 8.42 Å². The van der Waals surface area contributed by atoms with Crippen molar-refractivity contribution in [3.05, 3.63) is 60.2 Å². The van der Waals surface area contributed by atoms with Crippen molar-refractivity contribution in [2.45, 2.75) is 6.42 Å². The lowest BCUT2D eigenvalue weighted by atomic mass is 10.1. The van der Waals surface area contributed by atoms with E-state index in [2.05, 4.69) is 17.0 Å². The first-order valence-electron chi connectivity index (χ1n) is 8.95. The second kappa shape index (κ2) is 8.00. The number of hydrogen-bond donors (Lipinski definition) is 0. The SMILES string of the molecule is CN(c1ccc(CC(=O)N2CCN(c3ccccc3)CC2)cc1)S(C)(=O)=O. The van der Waals surface area contributed by atoms with E-state index in [-0.39, 0.29) is 5.91 Å². The summed E-state index contributed by atoms with van der Waals surface area (Å²) in [4.78, 5) is 16.8. The summed E-state index contributed by atoms with van der Waals surface area (Å²) in [5.41, 5.74) is 2.66. The van der Waals surface area contributed by atoms with Crippen LogP contribution in [0.5, 0.6) is 0 Å². The van der Waals surface area contributed by atoms with Gasteiger partial charge in [-0.05, 0) is 29.8 Å². The number of carbonyl (C=O) groups is 1. The highest BCUT2D eigenvalue weighted by Gasteiger charge is 2.21. The van der Waals surface area contributed by atoms with Crippen molar-refractivity contribution in [1.29, 1.82) is 0 Å². The third-order valence-corrected chi connectivity index (χ3v) is 6.11. The number of nitrogens with zero attached hydrogens (tertiary/aromatic N) is 3. The molecule has 2 aromatic rings. The molecule has 1 fully saturated rings. The van der Waals surface area contributed by atoms with Crippen molar-refractivity contribution in [2.75, 3.05) is 48.7 Å². The van der Waals surface area contributed by atoms with E-state index < -0.39 is 10.0 Å². The molecule has 0 aromatic heterocycles. The minimum Gasteiger partial charge on any atom is -0.368 e. The van der Waals surface area contributed by atoms with Crippen molar-refractivity contribution in [1.82, 2.24) is 4.90 Å². The van der Waals surface area contributed by atoms with Crippen LogP contribution in [0.15, 0.2) is 54.6 Å². The fourth-order valence-corrected chi connectivity index (χ4v) is 3.66. The summed E-state index contributed by atoms with van der Waals surface area (Å²) in [7, 11) is -1.77. The highest BCUT2D eigenvalue weighted by atomic mass is 32.2. The van der Waals surface area contributed by atoms with Gasteiger partial charge >= 0.3 is 0 Å². The Kier molecular flexibility index (Phi) is 5.70. The molecule has 27 heavy (non-hydrogen) atoms. The Morgan fingerprint density at radius 1 is 0.963 bits per heavy atom. The number of anilines is 2. The Bertz CT molecular complexity index is 874. The fourth-order valence-electron chi connectivity index (χ4n) is 3.15. The summed E-state index contributed by atoms with van der Waals surface area (Å²) in [5, 5.41) is 0. The Morgan fingerprint density at radius 3 is 2.11 bits per heavy atom. The van der Waals surface area contributed by atoms with Crippen LogP contribution < -0.4 is 9.21 Å². The molecular weight excluding hydrogens is 362 g/mol. The molecule has 3 rings (SSSR count). The molecule has 1 heterocycles. The van der Waals surface area contributed by atoms with Crippen molar-refractivity contribution in [3.8, 4) is 0 Å². The Labute approximate surface area is 161 Å². The van der Waals surface area contributed by atoms with E-state index in [1.165, 1.54) is 23.3 Å². The fraction of sp³-hybridized carbons (Fsp3) is 0.350. The molecule has 0 saturated carbocycles. The van der Waals surface area contributed by atoms with Crippen molar-refractivity contribution >= 4 is 27.3 Å². The Hall–Kier alpha value is -2.54. The number of rotatable bonds is 5. The quantitative estimate of drug-likeness (QED) is 0.787. The summed E-state index contributed by atoms with van der Waals surface area (Å²) in [6, 6.07) is 17.3. The number of benzene rings is 2. The van der Waals surface area contributed by atoms with E-state index in [1.807, 2.05) is 35.2 Å². The maximum atomic E-state index is 12.6. The molecule has 1 aliphatic heterocycles. The van der Waals surface area contributed by atoms with E-state index in [0.717, 1.165) is 18.7 Å². The van der Waals surface area contributed by atoms with Crippen molar-refractivity contribution in [3.63, 3.8) is 0 Å². The van der Waals surface area contributed by atoms with Gasteiger partial charge in [0.1, 0.15) is 0 Å². The van der Waals surface area contributed by atoms with Crippen LogP contribution in [-0.4, -0.2) is 58.7 Å². The molecule has 2 aromatic carbocycles. The molecule has 0 atom stereocenters. The van der Waals surface area contributed by atoms with Crippen LogP contribution in [0.4, 0.5) is 11.4 Å². The Balaban J connectivity index is 1.55. The van der Waals surface area contributed by atoms with Crippen LogP contribution >= 0.6 is 0 Å². The molecule has 0 radical (unpaired) electrons. The highest BCUT2D eigenvalue weighted by molar-refractivity contribution is 7.92. The van der Waals surface area contributed by atoms with Crippen LogP contribution in [0.3, 0.4) is 0 Å². The minimum atomic E-state index is -3.28. The number of hydrogen-bond acceptors (Lipinski definition) is 4. The molecule has 0 bridgehead atoms. The minimum absolute atomic E-state index is 0.104. The van der Waals surface area contributed by atoms with Gasteiger partial charge in [-0.1, -0.05) is 30.3 Å². The monoisotopic (exact) mass is 387 g/mol. The first-order chi connectivity index (χ1) is 12.8. The summed E-state index contributed by atoms with van der Waals surface area (Å²) in [6.07, 6.45) is 1.49.